The van der Waals surface area contributed by atoms with Crippen LogP contribution in [0.2, 0.25) is 8.67 Å². The van der Waals surface area contributed by atoms with Gasteiger partial charge < -0.3 is 5.32 Å². The molecular formula is C15H14Cl2N2S2. The molecule has 1 aromatic carbocycles. The standard InChI is InChI=1S/C15H14Cl2N2S2/c16-13-8-10(14(17)21-13)9-20-12-5-2-1-4-11(12)15-18-6-3-7-19-15/h1-2,4-5,8H,3,6-7,9H2,(H,18,19). The van der Waals surface area contributed by atoms with Gasteiger partial charge in [-0.25, -0.2) is 0 Å². The summed E-state index contributed by atoms with van der Waals surface area (Å²) >= 11 is 15.4. The van der Waals surface area contributed by atoms with Crippen LogP contribution in [-0.4, -0.2) is 18.9 Å². The second-order valence-corrected chi connectivity index (χ2v) is 7.95. The molecule has 2 heterocycles. The molecule has 3 rings (SSSR count). The zero-order valence-corrected chi connectivity index (χ0v) is 14.4. The van der Waals surface area contributed by atoms with Gasteiger partial charge in [0, 0.05) is 29.3 Å². The van der Waals surface area contributed by atoms with Crippen LogP contribution in [0.3, 0.4) is 0 Å². The van der Waals surface area contributed by atoms with Gasteiger partial charge in [-0.1, -0.05) is 41.4 Å². The number of hydrogen-bond acceptors (Lipinski definition) is 4. The Bertz CT molecular complexity index is 667. The van der Waals surface area contributed by atoms with Crippen molar-refractivity contribution in [2.24, 2.45) is 4.99 Å². The number of thioether (sulfide) groups is 1. The van der Waals surface area contributed by atoms with Gasteiger partial charge in [-0.05, 0) is 24.1 Å². The van der Waals surface area contributed by atoms with E-state index >= 15 is 0 Å². The average molecular weight is 357 g/mol. The fourth-order valence-corrected chi connectivity index (χ4v) is 4.82. The maximum absolute atomic E-state index is 6.18. The third-order valence-corrected chi connectivity index (χ3v) is 5.84. The van der Waals surface area contributed by atoms with Crippen LogP contribution in [0, 0.1) is 0 Å². The molecule has 0 unspecified atom stereocenters. The van der Waals surface area contributed by atoms with Crippen molar-refractivity contribution in [2.45, 2.75) is 17.1 Å². The van der Waals surface area contributed by atoms with Crippen molar-refractivity contribution in [1.82, 2.24) is 5.32 Å². The molecule has 1 N–H and O–H groups in total. The molecule has 1 aliphatic heterocycles. The molecule has 0 saturated heterocycles. The van der Waals surface area contributed by atoms with E-state index in [1.807, 2.05) is 12.1 Å². The normalized spacial score (nSPS) is 14.7. The van der Waals surface area contributed by atoms with E-state index < -0.39 is 0 Å². The Morgan fingerprint density at radius 3 is 2.86 bits per heavy atom. The number of nitrogens with one attached hydrogen (secondary N) is 1. The zero-order valence-electron chi connectivity index (χ0n) is 11.2. The maximum atomic E-state index is 6.18. The summed E-state index contributed by atoms with van der Waals surface area (Å²) < 4.78 is 1.51. The molecule has 0 bridgehead atoms. The van der Waals surface area contributed by atoms with E-state index in [2.05, 4.69) is 28.5 Å². The molecule has 110 valence electrons. The topological polar surface area (TPSA) is 24.4 Å². The van der Waals surface area contributed by atoms with Gasteiger partial charge in [-0.15, -0.1) is 23.1 Å². The molecule has 0 aliphatic carbocycles. The van der Waals surface area contributed by atoms with Crippen molar-refractivity contribution in [3.05, 3.63) is 50.1 Å². The Morgan fingerprint density at radius 2 is 2.14 bits per heavy atom. The van der Waals surface area contributed by atoms with Gasteiger partial charge >= 0.3 is 0 Å². The molecule has 0 radical (unpaired) electrons. The summed E-state index contributed by atoms with van der Waals surface area (Å²) in [6.45, 7) is 1.89. The lowest BCUT2D eigenvalue weighted by Crippen LogP contribution is -2.30. The first kappa shape index (κ1) is 15.2. The van der Waals surface area contributed by atoms with Gasteiger partial charge in [0.05, 0.1) is 8.67 Å². The van der Waals surface area contributed by atoms with Crippen LogP contribution in [-0.2, 0) is 5.75 Å². The first-order chi connectivity index (χ1) is 10.2. The molecular weight excluding hydrogens is 343 g/mol. The molecule has 0 saturated carbocycles. The van der Waals surface area contributed by atoms with Gasteiger partial charge in [-0.3, -0.25) is 4.99 Å². The van der Waals surface area contributed by atoms with Crippen LogP contribution in [0.4, 0.5) is 0 Å². The summed E-state index contributed by atoms with van der Waals surface area (Å²) in [7, 11) is 0. The van der Waals surface area contributed by atoms with Crippen molar-refractivity contribution in [2.75, 3.05) is 13.1 Å². The number of rotatable bonds is 4. The largest absolute Gasteiger partial charge is 0.370 e. The third kappa shape index (κ3) is 3.75. The number of benzene rings is 1. The predicted octanol–water partition coefficient (Wildman–Crippen LogP) is 5.09. The van der Waals surface area contributed by atoms with Crippen molar-refractivity contribution >= 4 is 52.1 Å². The van der Waals surface area contributed by atoms with Crippen LogP contribution in [0.15, 0.2) is 40.2 Å². The van der Waals surface area contributed by atoms with Crippen molar-refractivity contribution in [1.29, 1.82) is 0 Å². The summed E-state index contributed by atoms with van der Waals surface area (Å²) in [4.78, 5) is 5.80. The Morgan fingerprint density at radius 1 is 1.29 bits per heavy atom. The summed E-state index contributed by atoms with van der Waals surface area (Å²) in [5, 5.41) is 3.38. The fourth-order valence-electron chi connectivity index (χ4n) is 2.13. The smallest absolute Gasteiger partial charge is 0.129 e. The molecule has 0 spiro atoms. The molecule has 0 amide bonds. The Hall–Kier alpha value is -0.680. The quantitative estimate of drug-likeness (QED) is 0.771. The second-order valence-electron chi connectivity index (χ2n) is 4.64. The van der Waals surface area contributed by atoms with Crippen molar-refractivity contribution < 1.29 is 0 Å². The van der Waals surface area contributed by atoms with Crippen LogP contribution in [0.1, 0.15) is 17.5 Å². The molecule has 2 nitrogen and oxygen atoms in total. The molecule has 1 aromatic heterocycles. The van der Waals surface area contributed by atoms with E-state index in [4.69, 9.17) is 23.2 Å². The fraction of sp³-hybridized carbons (Fsp3) is 0.267. The maximum Gasteiger partial charge on any atom is 0.129 e. The highest BCUT2D eigenvalue weighted by molar-refractivity contribution is 7.98. The highest BCUT2D eigenvalue weighted by atomic mass is 35.5. The van der Waals surface area contributed by atoms with E-state index in [1.54, 1.807) is 11.8 Å². The summed E-state index contributed by atoms with van der Waals surface area (Å²) in [6.07, 6.45) is 1.10. The van der Waals surface area contributed by atoms with Crippen molar-refractivity contribution in [3.63, 3.8) is 0 Å². The highest BCUT2D eigenvalue weighted by Gasteiger charge is 2.13. The van der Waals surface area contributed by atoms with Crippen LogP contribution >= 0.6 is 46.3 Å². The summed E-state index contributed by atoms with van der Waals surface area (Å²) in [5.74, 6) is 1.81. The van der Waals surface area contributed by atoms with Gasteiger partial charge in [0.2, 0.25) is 0 Å². The molecule has 0 atom stereocenters. The Balaban J connectivity index is 1.79. The van der Waals surface area contributed by atoms with E-state index in [0.717, 1.165) is 45.3 Å². The lowest BCUT2D eigenvalue weighted by Gasteiger charge is -2.17. The van der Waals surface area contributed by atoms with Crippen LogP contribution in [0.5, 0.6) is 0 Å². The number of hydrogen-bond donors (Lipinski definition) is 1. The number of amidine groups is 1. The minimum atomic E-state index is 0.738. The minimum Gasteiger partial charge on any atom is -0.370 e. The highest BCUT2D eigenvalue weighted by Crippen LogP contribution is 2.36. The second kappa shape index (κ2) is 7.05. The predicted molar refractivity (Wildman–Crippen MR) is 94.4 cm³/mol. The van der Waals surface area contributed by atoms with Crippen molar-refractivity contribution in [3.8, 4) is 0 Å². The minimum absolute atomic E-state index is 0.738. The SMILES string of the molecule is Clc1cc(CSc2ccccc2C2=NCCCN2)c(Cl)s1. The first-order valence-electron chi connectivity index (χ1n) is 6.68. The first-order valence-corrected chi connectivity index (χ1v) is 9.24. The molecule has 0 fully saturated rings. The summed E-state index contributed by atoms with van der Waals surface area (Å²) in [6, 6.07) is 10.3. The van der Waals surface area contributed by atoms with Gasteiger partial charge in [0.15, 0.2) is 0 Å². The third-order valence-electron chi connectivity index (χ3n) is 3.15. The van der Waals surface area contributed by atoms with Gasteiger partial charge in [-0.2, -0.15) is 0 Å². The van der Waals surface area contributed by atoms with Crippen LogP contribution in [0.25, 0.3) is 0 Å². The monoisotopic (exact) mass is 356 g/mol. The summed E-state index contributed by atoms with van der Waals surface area (Å²) in [5.41, 5.74) is 2.25. The Kier molecular flexibility index (Phi) is 5.11. The number of aliphatic imine (C=N–C) groups is 1. The van der Waals surface area contributed by atoms with Gasteiger partial charge in [0.25, 0.3) is 0 Å². The lowest BCUT2D eigenvalue weighted by atomic mass is 10.2. The van der Waals surface area contributed by atoms with E-state index in [-0.39, 0.29) is 0 Å². The van der Waals surface area contributed by atoms with E-state index in [1.165, 1.54) is 21.8 Å². The van der Waals surface area contributed by atoms with Gasteiger partial charge in [0.1, 0.15) is 5.84 Å². The lowest BCUT2D eigenvalue weighted by molar-refractivity contribution is 0.741. The molecule has 6 heteroatoms. The number of nitrogens with zero attached hydrogens (tertiary/aromatic N) is 1. The van der Waals surface area contributed by atoms with E-state index in [0.29, 0.717) is 0 Å². The average Bonchev–Trinajstić information content (AvgIpc) is 2.84. The number of thiophene rings is 1. The molecule has 2 aromatic rings. The number of halogens is 2. The Labute approximate surface area is 142 Å². The van der Waals surface area contributed by atoms with Crippen LogP contribution < -0.4 is 5.32 Å². The zero-order chi connectivity index (χ0) is 14.7. The van der Waals surface area contributed by atoms with E-state index in [9.17, 15) is 0 Å². The molecule has 21 heavy (non-hydrogen) atoms. The molecule has 1 aliphatic rings.